The molecule has 0 saturated carbocycles. The van der Waals surface area contributed by atoms with Crippen molar-refractivity contribution in [1.29, 1.82) is 0 Å². The highest BCUT2D eigenvalue weighted by Crippen LogP contribution is 2.16. The van der Waals surface area contributed by atoms with Crippen LogP contribution in [-0.2, 0) is 4.79 Å². The number of aliphatic carboxylic acids is 1. The Morgan fingerprint density at radius 2 is 1.94 bits per heavy atom. The van der Waals surface area contributed by atoms with Crippen LogP contribution in [-0.4, -0.2) is 28.8 Å². The van der Waals surface area contributed by atoms with E-state index in [1.54, 1.807) is 19.2 Å². The molecule has 1 heterocycles. The molecular weight excluding hydrogens is 254 g/mol. The molecule has 0 saturated heterocycles. The van der Waals surface area contributed by atoms with E-state index in [1.165, 1.54) is 13.0 Å². The minimum absolute atomic E-state index is 0.121. The van der Waals surface area contributed by atoms with Gasteiger partial charge in [-0.15, -0.1) is 11.3 Å². The smallest absolute Gasteiger partial charge is 0.326 e. The van der Waals surface area contributed by atoms with E-state index in [9.17, 15) is 14.4 Å². The quantitative estimate of drug-likeness (QED) is 0.798. The fraction of sp³-hybridized carbons (Fsp3) is 0.417. The summed E-state index contributed by atoms with van der Waals surface area (Å²) in [6.07, 6.45) is 0. The van der Waals surface area contributed by atoms with Crippen LogP contribution >= 0.6 is 11.3 Å². The number of amides is 1. The van der Waals surface area contributed by atoms with Crippen LogP contribution in [0.1, 0.15) is 40.8 Å². The third kappa shape index (κ3) is 3.40. The van der Waals surface area contributed by atoms with Crippen molar-refractivity contribution in [3.8, 4) is 0 Å². The van der Waals surface area contributed by atoms with Gasteiger partial charge in [-0.05, 0) is 18.9 Å². The minimum atomic E-state index is -1.07. The topological polar surface area (TPSA) is 83.5 Å². The Kier molecular flexibility index (Phi) is 4.61. The van der Waals surface area contributed by atoms with Gasteiger partial charge in [0.05, 0.1) is 4.88 Å². The van der Waals surface area contributed by atoms with Crippen LogP contribution in [0.5, 0.6) is 0 Å². The van der Waals surface area contributed by atoms with Crippen molar-refractivity contribution >= 4 is 29.0 Å². The molecule has 1 amide bonds. The van der Waals surface area contributed by atoms with Gasteiger partial charge in [0, 0.05) is 10.9 Å². The Bertz CT molecular complexity index is 478. The normalized spacial score (nSPS) is 12.2. The number of carboxylic acids is 1. The first-order valence-electron chi connectivity index (χ1n) is 5.46. The van der Waals surface area contributed by atoms with Gasteiger partial charge in [0.1, 0.15) is 6.04 Å². The van der Waals surface area contributed by atoms with Gasteiger partial charge < -0.3 is 10.4 Å². The molecule has 0 aliphatic heterocycles. The Labute approximate surface area is 109 Å². The van der Waals surface area contributed by atoms with Crippen LogP contribution in [0, 0.1) is 5.92 Å². The number of Topliss-reactive ketones (excluding diaryl/α,β-unsaturated/α-hetero) is 1. The van der Waals surface area contributed by atoms with Crippen LogP contribution in [0.15, 0.2) is 11.4 Å². The molecule has 6 heteroatoms. The SMILES string of the molecule is CC(=O)c1csc(C(=O)N[C@H](C(=O)O)C(C)C)c1. The van der Waals surface area contributed by atoms with Crippen molar-refractivity contribution in [3.05, 3.63) is 21.9 Å². The largest absolute Gasteiger partial charge is 0.480 e. The third-order valence-corrected chi connectivity index (χ3v) is 3.38. The number of thiophene rings is 1. The maximum Gasteiger partial charge on any atom is 0.326 e. The molecule has 1 aromatic rings. The zero-order valence-corrected chi connectivity index (χ0v) is 11.2. The van der Waals surface area contributed by atoms with E-state index in [2.05, 4.69) is 5.32 Å². The lowest BCUT2D eigenvalue weighted by Gasteiger charge is -2.17. The Morgan fingerprint density at radius 3 is 2.33 bits per heavy atom. The van der Waals surface area contributed by atoms with Gasteiger partial charge in [-0.3, -0.25) is 9.59 Å². The van der Waals surface area contributed by atoms with Crippen LogP contribution in [0.4, 0.5) is 0 Å². The molecule has 2 N–H and O–H groups in total. The van der Waals surface area contributed by atoms with Crippen molar-refractivity contribution in [2.45, 2.75) is 26.8 Å². The first-order valence-corrected chi connectivity index (χ1v) is 6.34. The second-order valence-electron chi connectivity index (χ2n) is 4.29. The summed E-state index contributed by atoms with van der Waals surface area (Å²) in [7, 11) is 0. The number of rotatable bonds is 5. The predicted molar refractivity (Wildman–Crippen MR) is 68.1 cm³/mol. The highest BCUT2D eigenvalue weighted by molar-refractivity contribution is 7.12. The number of carbonyl (C=O) groups excluding carboxylic acids is 2. The molecule has 0 aromatic carbocycles. The van der Waals surface area contributed by atoms with Gasteiger partial charge >= 0.3 is 5.97 Å². The van der Waals surface area contributed by atoms with Crippen LogP contribution in [0.25, 0.3) is 0 Å². The third-order valence-electron chi connectivity index (χ3n) is 2.45. The van der Waals surface area contributed by atoms with Gasteiger partial charge in [0.2, 0.25) is 0 Å². The fourth-order valence-electron chi connectivity index (χ4n) is 1.37. The maximum atomic E-state index is 11.8. The second-order valence-corrected chi connectivity index (χ2v) is 5.20. The standard InChI is InChI=1S/C12H15NO4S/c1-6(2)10(12(16)17)13-11(15)9-4-8(5-18-9)7(3)14/h4-6,10H,1-3H3,(H,13,15)(H,16,17)/t10-/m0/s1. The molecule has 0 spiro atoms. The number of hydrogen-bond acceptors (Lipinski definition) is 4. The Hall–Kier alpha value is -1.69. The molecule has 98 valence electrons. The molecule has 0 bridgehead atoms. The first kappa shape index (κ1) is 14.4. The monoisotopic (exact) mass is 269 g/mol. The van der Waals surface area contributed by atoms with Gasteiger partial charge in [-0.2, -0.15) is 0 Å². The highest BCUT2D eigenvalue weighted by atomic mass is 32.1. The summed E-state index contributed by atoms with van der Waals surface area (Å²) in [4.78, 5) is 34.2. The Morgan fingerprint density at radius 1 is 1.33 bits per heavy atom. The summed E-state index contributed by atoms with van der Waals surface area (Å²) in [6.45, 7) is 4.85. The predicted octanol–water partition coefficient (Wildman–Crippen LogP) is 1.79. The van der Waals surface area contributed by atoms with Gasteiger partial charge in [-0.25, -0.2) is 4.79 Å². The second kappa shape index (κ2) is 5.77. The average Bonchev–Trinajstić information content (AvgIpc) is 2.73. The molecule has 1 rings (SSSR count). The number of ketones is 1. The molecule has 18 heavy (non-hydrogen) atoms. The summed E-state index contributed by atoms with van der Waals surface area (Å²) in [5, 5.41) is 13.0. The summed E-state index contributed by atoms with van der Waals surface area (Å²) in [6, 6.07) is 0.544. The number of carbonyl (C=O) groups is 3. The Balaban J connectivity index is 2.80. The van der Waals surface area contributed by atoms with E-state index >= 15 is 0 Å². The summed E-state index contributed by atoms with van der Waals surface area (Å²) >= 11 is 1.13. The van der Waals surface area contributed by atoms with E-state index in [1.807, 2.05) is 0 Å². The van der Waals surface area contributed by atoms with E-state index in [-0.39, 0.29) is 11.7 Å². The zero-order valence-electron chi connectivity index (χ0n) is 10.4. The van der Waals surface area contributed by atoms with Crippen LogP contribution in [0.3, 0.4) is 0 Å². The summed E-state index contributed by atoms with van der Waals surface area (Å²) < 4.78 is 0. The van der Waals surface area contributed by atoms with Gasteiger partial charge in [0.15, 0.2) is 5.78 Å². The van der Waals surface area contributed by atoms with Crippen molar-refractivity contribution in [2.24, 2.45) is 5.92 Å². The molecule has 5 nitrogen and oxygen atoms in total. The molecular formula is C12H15NO4S. The van der Waals surface area contributed by atoms with E-state index in [4.69, 9.17) is 5.11 Å². The lowest BCUT2D eigenvalue weighted by atomic mass is 10.0. The van der Waals surface area contributed by atoms with E-state index in [0.717, 1.165) is 11.3 Å². The van der Waals surface area contributed by atoms with Crippen LogP contribution < -0.4 is 5.32 Å². The van der Waals surface area contributed by atoms with E-state index < -0.39 is 17.9 Å². The van der Waals surface area contributed by atoms with Gasteiger partial charge in [0.25, 0.3) is 5.91 Å². The first-order chi connectivity index (χ1) is 8.32. The highest BCUT2D eigenvalue weighted by Gasteiger charge is 2.24. The number of carboxylic acid groups (broad SMARTS) is 1. The molecule has 0 fully saturated rings. The van der Waals surface area contributed by atoms with E-state index in [0.29, 0.717) is 10.4 Å². The number of nitrogens with one attached hydrogen (secondary N) is 1. The molecule has 1 atom stereocenters. The minimum Gasteiger partial charge on any atom is -0.480 e. The van der Waals surface area contributed by atoms with Crippen molar-refractivity contribution in [3.63, 3.8) is 0 Å². The zero-order chi connectivity index (χ0) is 13.9. The molecule has 0 unspecified atom stereocenters. The lowest BCUT2D eigenvalue weighted by Crippen LogP contribution is -2.44. The lowest BCUT2D eigenvalue weighted by molar-refractivity contribution is -0.140. The summed E-state index contributed by atoms with van der Waals surface area (Å²) in [5.74, 6) is -1.86. The molecule has 0 radical (unpaired) electrons. The maximum absolute atomic E-state index is 11.8. The van der Waals surface area contributed by atoms with Crippen molar-refractivity contribution in [2.75, 3.05) is 0 Å². The summed E-state index contributed by atoms with van der Waals surface area (Å²) in [5.41, 5.74) is 0.460. The van der Waals surface area contributed by atoms with Crippen molar-refractivity contribution < 1.29 is 19.5 Å². The molecule has 1 aromatic heterocycles. The fourth-order valence-corrected chi connectivity index (χ4v) is 2.21. The average molecular weight is 269 g/mol. The van der Waals surface area contributed by atoms with Crippen molar-refractivity contribution in [1.82, 2.24) is 5.32 Å². The van der Waals surface area contributed by atoms with Gasteiger partial charge in [-0.1, -0.05) is 13.8 Å². The molecule has 0 aliphatic carbocycles. The molecule has 0 aliphatic rings. The number of hydrogen-bond donors (Lipinski definition) is 2. The van der Waals surface area contributed by atoms with Crippen LogP contribution in [0.2, 0.25) is 0 Å².